The molecular weight excluding hydrogens is 773 g/mol. The highest BCUT2D eigenvalue weighted by Crippen LogP contribution is 2.42. The van der Waals surface area contributed by atoms with Gasteiger partial charge in [-0.2, -0.15) is 0 Å². The van der Waals surface area contributed by atoms with Gasteiger partial charge < -0.3 is 24.1 Å². The number of piperidine rings is 1. The molecule has 2 fully saturated rings. The fourth-order valence-corrected chi connectivity index (χ4v) is 9.78. The second-order valence-electron chi connectivity index (χ2n) is 14.3. The van der Waals surface area contributed by atoms with Crippen molar-refractivity contribution >= 4 is 46.5 Å². The zero-order chi connectivity index (χ0) is 39.3. The zero-order valence-electron chi connectivity index (χ0n) is 31.0. The van der Waals surface area contributed by atoms with E-state index in [1.807, 2.05) is 48.5 Å². The third-order valence-corrected chi connectivity index (χ3v) is 12.6. The van der Waals surface area contributed by atoms with Crippen molar-refractivity contribution in [1.29, 1.82) is 0 Å². The van der Waals surface area contributed by atoms with Gasteiger partial charge in [-0.15, -0.1) is 11.3 Å². The Morgan fingerprint density at radius 1 is 0.911 bits per heavy atom. The van der Waals surface area contributed by atoms with Gasteiger partial charge in [0.15, 0.2) is 11.5 Å². The number of halogens is 2. The number of methoxy groups -OCH3 is 2. The number of esters is 1. The summed E-state index contributed by atoms with van der Waals surface area (Å²) in [5, 5.41) is 26.6. The number of benzene rings is 3. The number of nitrogens with zero attached hydrogens (tertiary/aromatic N) is 2. The molecule has 0 radical (unpaired) electrons. The summed E-state index contributed by atoms with van der Waals surface area (Å²) >= 11 is 14.2. The molecule has 0 amide bonds. The summed E-state index contributed by atoms with van der Waals surface area (Å²) in [6, 6.07) is 27.0. The molecule has 7 rings (SSSR count). The van der Waals surface area contributed by atoms with Crippen LogP contribution in [-0.4, -0.2) is 54.5 Å². The van der Waals surface area contributed by atoms with Crippen LogP contribution in [0.3, 0.4) is 0 Å². The third kappa shape index (κ3) is 8.82. The number of aromatic nitrogens is 1. The van der Waals surface area contributed by atoms with Crippen LogP contribution in [0.5, 0.6) is 11.5 Å². The molecule has 5 aromatic rings. The van der Waals surface area contributed by atoms with E-state index < -0.39 is 17.9 Å². The van der Waals surface area contributed by atoms with Crippen LogP contribution in [-0.2, 0) is 29.0 Å². The molecule has 0 aliphatic carbocycles. The van der Waals surface area contributed by atoms with Crippen LogP contribution in [0.15, 0.2) is 97.3 Å². The van der Waals surface area contributed by atoms with E-state index >= 15 is 0 Å². The Kier molecular flexibility index (Phi) is 12.5. The first-order valence-corrected chi connectivity index (χ1v) is 20.1. The van der Waals surface area contributed by atoms with Crippen molar-refractivity contribution in [2.45, 2.75) is 75.3 Å². The lowest BCUT2D eigenvalue weighted by Gasteiger charge is -2.39. The number of carbonyl (C=O) groups excluding carboxylic acids is 2. The van der Waals surface area contributed by atoms with E-state index in [1.54, 1.807) is 12.1 Å². The summed E-state index contributed by atoms with van der Waals surface area (Å²) in [4.78, 5) is 30.1. The standard InChI is InChI=1S/C43H43Cl2N3O7S/c1-53-38-16-13-28(17-39(38)54-2)33(21-35-36(44)24-47(52)25-37(35)45)34-20-32(56-41(34)42(49)50)22-46-40(27-11-7-4-8-12-27)43(51)55-31-18-29-14-15-30(19-31)48(29)23-26-9-5-3-6-10-26/h3-13,16-17,20,24-25,29-31,33,40,46H,14-15,18-19,21-23H2,1-2H3,(H-,49,50,52)/t29?,30?,31?,33-,40?/m0/s1. The van der Waals surface area contributed by atoms with Crippen molar-refractivity contribution < 1.29 is 38.8 Å². The molecule has 10 nitrogen and oxygen atoms in total. The lowest BCUT2D eigenvalue weighted by atomic mass is 9.85. The second-order valence-corrected chi connectivity index (χ2v) is 16.2. The Labute approximate surface area is 340 Å². The van der Waals surface area contributed by atoms with E-state index in [0.717, 1.165) is 53.9 Å². The van der Waals surface area contributed by atoms with Gasteiger partial charge in [-0.05, 0) is 59.7 Å². The molecule has 2 N–H and O–H groups in total. The van der Waals surface area contributed by atoms with Crippen LogP contribution in [0.1, 0.15) is 80.0 Å². The molecule has 2 saturated heterocycles. The van der Waals surface area contributed by atoms with Gasteiger partial charge in [0.05, 0.1) is 25.1 Å². The van der Waals surface area contributed by atoms with E-state index in [0.29, 0.717) is 45.2 Å². The number of fused-ring (bicyclic) bond motifs is 2. The molecule has 3 unspecified atom stereocenters. The number of nitrogens with one attached hydrogen (secondary N) is 1. The molecule has 4 heterocycles. The number of thiophene rings is 1. The highest BCUT2D eigenvalue weighted by atomic mass is 35.5. The number of hydrogen-bond donors (Lipinski definition) is 2. The van der Waals surface area contributed by atoms with Crippen molar-refractivity contribution in [2.24, 2.45) is 0 Å². The Balaban J connectivity index is 1.14. The predicted molar refractivity (Wildman–Crippen MR) is 212 cm³/mol. The van der Waals surface area contributed by atoms with Gasteiger partial charge in [0.1, 0.15) is 22.2 Å². The third-order valence-electron chi connectivity index (χ3n) is 10.8. The summed E-state index contributed by atoms with van der Waals surface area (Å²) in [5.74, 6) is -1.33. The van der Waals surface area contributed by atoms with Gasteiger partial charge >= 0.3 is 5.97 Å². The fourth-order valence-electron chi connectivity index (χ4n) is 8.17. The lowest BCUT2D eigenvalue weighted by molar-refractivity contribution is -0.904. The molecule has 4 atom stereocenters. The van der Waals surface area contributed by atoms with Gasteiger partial charge in [0, 0.05) is 59.1 Å². The van der Waals surface area contributed by atoms with Crippen LogP contribution < -0.4 is 24.6 Å². The zero-order valence-corrected chi connectivity index (χ0v) is 33.4. The minimum absolute atomic E-state index is 0.0264. The van der Waals surface area contributed by atoms with Gasteiger partial charge in [0.2, 0.25) is 12.4 Å². The van der Waals surface area contributed by atoms with Crippen LogP contribution in [0, 0.1) is 0 Å². The molecule has 13 heteroatoms. The highest BCUT2D eigenvalue weighted by Gasteiger charge is 2.42. The molecule has 56 heavy (non-hydrogen) atoms. The first-order chi connectivity index (χ1) is 27.1. The summed E-state index contributed by atoms with van der Waals surface area (Å²) in [5.41, 5.74) is 3.73. The maximum atomic E-state index is 14.1. The van der Waals surface area contributed by atoms with Gasteiger partial charge in [-0.1, -0.05) is 89.9 Å². The lowest BCUT2D eigenvalue weighted by Crippen LogP contribution is -2.46. The maximum absolute atomic E-state index is 14.1. The van der Waals surface area contributed by atoms with Crippen molar-refractivity contribution in [2.75, 3.05) is 14.2 Å². The van der Waals surface area contributed by atoms with E-state index in [-0.39, 0.29) is 40.0 Å². The van der Waals surface area contributed by atoms with Crippen molar-refractivity contribution in [3.63, 3.8) is 0 Å². The molecule has 0 spiro atoms. The number of pyridine rings is 1. The minimum Gasteiger partial charge on any atom is -0.544 e. The Morgan fingerprint density at radius 3 is 2.18 bits per heavy atom. The van der Waals surface area contributed by atoms with E-state index in [4.69, 9.17) is 37.4 Å². The molecule has 2 bridgehead atoms. The molecule has 2 aliphatic heterocycles. The predicted octanol–water partition coefficient (Wildman–Crippen LogP) is 6.90. The first-order valence-electron chi connectivity index (χ1n) is 18.5. The average molecular weight is 817 g/mol. The van der Waals surface area contributed by atoms with Crippen LogP contribution in [0.2, 0.25) is 10.0 Å². The minimum atomic E-state index is -1.34. The number of hydrogen-bond acceptors (Lipinski definition) is 10. The number of ether oxygens (including phenoxy) is 3. The SMILES string of the molecule is COc1ccc([C@H](Cc2c(Cl)c[n+](O)cc2Cl)c2cc(CNC(C(=O)OC3CC4CCC(C3)N4Cc3ccccc3)c3ccccc3)sc2C(=O)[O-])cc1OC. The summed E-state index contributed by atoms with van der Waals surface area (Å²) in [6.45, 7) is 1.07. The quantitative estimate of drug-likeness (QED) is 0.0660. The molecule has 3 aromatic carbocycles. The molecule has 292 valence electrons. The van der Waals surface area contributed by atoms with Gasteiger partial charge in [-0.25, -0.2) is 4.79 Å². The van der Waals surface area contributed by atoms with Crippen LogP contribution in [0.4, 0.5) is 0 Å². The number of carboxylic acids is 1. The second kappa shape index (κ2) is 17.7. The first kappa shape index (κ1) is 39.6. The number of aromatic carboxylic acids is 1. The Morgan fingerprint density at radius 2 is 1.55 bits per heavy atom. The van der Waals surface area contributed by atoms with Gasteiger partial charge in [0.25, 0.3) is 0 Å². The molecular formula is C43H43Cl2N3O7S. The number of carbonyl (C=O) groups is 2. The van der Waals surface area contributed by atoms with Crippen LogP contribution in [0.25, 0.3) is 0 Å². The highest BCUT2D eigenvalue weighted by molar-refractivity contribution is 7.14. The topological polar surface area (TPSA) is 124 Å². The normalized spacial score (nSPS) is 19.0. The Hall–Kier alpha value is -4.65. The number of rotatable bonds is 15. The average Bonchev–Trinajstić information content (AvgIpc) is 3.71. The smallest absolute Gasteiger partial charge is 0.328 e. The van der Waals surface area contributed by atoms with E-state index in [2.05, 4.69) is 34.5 Å². The van der Waals surface area contributed by atoms with Crippen molar-refractivity contribution in [1.82, 2.24) is 10.2 Å². The fraction of sp³-hybridized carbons (Fsp3) is 0.326. The maximum Gasteiger partial charge on any atom is 0.328 e. The van der Waals surface area contributed by atoms with Crippen molar-refractivity contribution in [3.05, 3.63) is 145 Å². The largest absolute Gasteiger partial charge is 0.544 e. The van der Waals surface area contributed by atoms with E-state index in [9.17, 15) is 19.9 Å². The molecule has 2 aromatic heterocycles. The van der Waals surface area contributed by atoms with Crippen molar-refractivity contribution in [3.8, 4) is 11.5 Å². The van der Waals surface area contributed by atoms with Crippen LogP contribution >= 0.6 is 34.5 Å². The molecule has 0 saturated carbocycles. The van der Waals surface area contributed by atoms with E-state index in [1.165, 1.54) is 32.2 Å². The Bertz CT molecular complexity index is 2130. The summed E-state index contributed by atoms with van der Waals surface area (Å²) in [6.07, 6.45) is 6.36. The number of carboxylic acid groups (broad SMARTS) is 1. The van der Waals surface area contributed by atoms with Gasteiger partial charge in [-0.3, -0.25) is 15.4 Å². The summed E-state index contributed by atoms with van der Waals surface area (Å²) in [7, 11) is 3.06. The monoisotopic (exact) mass is 815 g/mol. The molecule has 2 aliphatic rings. The summed E-state index contributed by atoms with van der Waals surface area (Å²) < 4.78 is 18.1.